The minimum absolute atomic E-state index is 0.120. The van der Waals surface area contributed by atoms with Gasteiger partial charge in [-0.05, 0) is 24.6 Å². The Kier molecular flexibility index (Phi) is 5.61. The van der Waals surface area contributed by atoms with Crippen molar-refractivity contribution in [2.24, 2.45) is 0 Å². The maximum absolute atomic E-state index is 11.6. The van der Waals surface area contributed by atoms with Crippen molar-refractivity contribution in [3.05, 3.63) is 23.8 Å². The van der Waals surface area contributed by atoms with Crippen LogP contribution >= 0.6 is 11.6 Å². The number of nitrogens with two attached hydrogens (primary N) is 1. The molecule has 4 N–H and O–H groups in total. The SMILES string of the molecule is CCCC[S+]([O-])Nc1ccc(N)c(C(=N)Cl)c1. The van der Waals surface area contributed by atoms with Gasteiger partial charge in [0.15, 0.2) is 0 Å². The predicted octanol–water partition coefficient (Wildman–Crippen LogP) is 2.71. The Hall–Kier alpha value is -0.910. The Balaban J connectivity index is 2.72. The van der Waals surface area contributed by atoms with E-state index in [0.29, 0.717) is 22.7 Å². The highest BCUT2D eigenvalue weighted by atomic mass is 35.5. The Bertz CT molecular complexity index is 400. The van der Waals surface area contributed by atoms with Crippen molar-refractivity contribution in [2.75, 3.05) is 16.2 Å². The van der Waals surface area contributed by atoms with Crippen LogP contribution in [0.5, 0.6) is 0 Å². The van der Waals surface area contributed by atoms with Crippen molar-refractivity contribution in [2.45, 2.75) is 19.8 Å². The molecule has 1 atom stereocenters. The highest BCUT2D eigenvalue weighted by Crippen LogP contribution is 2.20. The van der Waals surface area contributed by atoms with Crippen molar-refractivity contribution in [3.8, 4) is 0 Å². The van der Waals surface area contributed by atoms with Gasteiger partial charge in [0.2, 0.25) is 0 Å². The fourth-order valence-electron chi connectivity index (χ4n) is 1.27. The molecule has 0 spiro atoms. The minimum atomic E-state index is -1.10. The summed E-state index contributed by atoms with van der Waals surface area (Å²) in [6.45, 7) is 2.05. The van der Waals surface area contributed by atoms with Crippen LogP contribution < -0.4 is 10.5 Å². The van der Waals surface area contributed by atoms with E-state index < -0.39 is 11.4 Å². The fraction of sp³-hybridized carbons (Fsp3) is 0.364. The topological polar surface area (TPSA) is 85.0 Å². The van der Waals surface area contributed by atoms with E-state index in [1.165, 1.54) is 0 Å². The molecule has 0 saturated carbocycles. The smallest absolute Gasteiger partial charge is 0.131 e. The first-order valence-corrected chi connectivity index (χ1v) is 7.03. The van der Waals surface area contributed by atoms with E-state index in [9.17, 15) is 4.55 Å². The number of nitrogen functional groups attached to an aromatic ring is 1. The molecule has 4 nitrogen and oxygen atoms in total. The van der Waals surface area contributed by atoms with Crippen molar-refractivity contribution < 1.29 is 4.55 Å². The summed E-state index contributed by atoms with van der Waals surface area (Å²) in [5.74, 6) is 0.606. The molecule has 0 saturated heterocycles. The second kappa shape index (κ2) is 6.74. The van der Waals surface area contributed by atoms with E-state index >= 15 is 0 Å². The minimum Gasteiger partial charge on any atom is -0.593 e. The molecule has 94 valence electrons. The maximum atomic E-state index is 11.6. The second-order valence-corrected chi connectivity index (χ2v) is 5.30. The van der Waals surface area contributed by atoms with Crippen LogP contribution in [0.4, 0.5) is 11.4 Å². The van der Waals surface area contributed by atoms with E-state index in [2.05, 4.69) is 4.72 Å². The summed E-state index contributed by atoms with van der Waals surface area (Å²) >= 11 is 4.50. The zero-order chi connectivity index (χ0) is 12.8. The average Bonchev–Trinajstić information content (AvgIpc) is 2.28. The molecule has 1 unspecified atom stereocenters. The lowest BCUT2D eigenvalue weighted by molar-refractivity contribution is 0.597. The number of halogens is 1. The quantitative estimate of drug-likeness (QED) is 0.423. The average molecular weight is 274 g/mol. The van der Waals surface area contributed by atoms with Gasteiger partial charge in [-0.1, -0.05) is 24.9 Å². The first kappa shape index (κ1) is 14.2. The molecule has 0 fully saturated rings. The summed E-state index contributed by atoms with van der Waals surface area (Å²) in [4.78, 5) is 0. The van der Waals surface area contributed by atoms with E-state index in [1.807, 2.05) is 6.92 Å². The lowest BCUT2D eigenvalue weighted by Gasteiger charge is -2.13. The molecular weight excluding hydrogens is 258 g/mol. The molecule has 1 rings (SSSR count). The largest absolute Gasteiger partial charge is 0.593 e. The number of nitrogens with one attached hydrogen (secondary N) is 2. The lowest BCUT2D eigenvalue weighted by Crippen LogP contribution is -2.17. The van der Waals surface area contributed by atoms with Crippen LogP contribution in [0.1, 0.15) is 25.3 Å². The second-order valence-electron chi connectivity index (χ2n) is 3.62. The zero-order valence-electron chi connectivity index (χ0n) is 9.63. The number of hydrogen-bond acceptors (Lipinski definition) is 4. The van der Waals surface area contributed by atoms with Crippen molar-refractivity contribution in [1.29, 1.82) is 5.41 Å². The van der Waals surface area contributed by atoms with Gasteiger partial charge >= 0.3 is 0 Å². The summed E-state index contributed by atoms with van der Waals surface area (Å²) in [6, 6.07) is 5.00. The third kappa shape index (κ3) is 4.46. The predicted molar refractivity (Wildman–Crippen MR) is 75.1 cm³/mol. The first-order valence-electron chi connectivity index (χ1n) is 5.33. The van der Waals surface area contributed by atoms with Crippen molar-refractivity contribution in [3.63, 3.8) is 0 Å². The van der Waals surface area contributed by atoms with Crippen LogP contribution in [0.2, 0.25) is 0 Å². The summed E-state index contributed by atoms with van der Waals surface area (Å²) in [7, 11) is 0. The molecule has 0 aliphatic rings. The van der Waals surface area contributed by atoms with Gasteiger partial charge < -0.3 is 10.3 Å². The highest BCUT2D eigenvalue weighted by molar-refractivity contribution is 7.92. The normalized spacial score (nSPS) is 12.2. The maximum Gasteiger partial charge on any atom is 0.131 e. The van der Waals surface area contributed by atoms with E-state index in [4.69, 9.17) is 22.7 Å². The van der Waals surface area contributed by atoms with Crippen LogP contribution in [0.25, 0.3) is 0 Å². The van der Waals surface area contributed by atoms with Crippen LogP contribution in [0, 0.1) is 5.41 Å². The summed E-state index contributed by atoms with van der Waals surface area (Å²) in [6.07, 6.45) is 1.92. The van der Waals surface area contributed by atoms with E-state index in [0.717, 1.165) is 12.8 Å². The number of rotatable bonds is 6. The Morgan fingerprint density at radius 2 is 2.29 bits per heavy atom. The monoisotopic (exact) mass is 273 g/mol. The number of anilines is 2. The van der Waals surface area contributed by atoms with Crippen LogP contribution in [-0.2, 0) is 11.4 Å². The molecule has 6 heteroatoms. The Labute approximate surface area is 109 Å². The molecule has 1 aromatic carbocycles. The third-order valence-corrected chi connectivity index (χ3v) is 3.53. The van der Waals surface area contributed by atoms with Gasteiger partial charge in [0.1, 0.15) is 10.9 Å². The molecule has 0 aliphatic carbocycles. The van der Waals surface area contributed by atoms with Gasteiger partial charge in [-0.15, -0.1) is 0 Å². The highest BCUT2D eigenvalue weighted by Gasteiger charge is 2.09. The van der Waals surface area contributed by atoms with Gasteiger partial charge in [0.05, 0.1) is 17.0 Å². The molecule has 0 aromatic heterocycles. The van der Waals surface area contributed by atoms with E-state index in [-0.39, 0.29) is 5.17 Å². The molecule has 17 heavy (non-hydrogen) atoms. The number of hydrogen-bond donors (Lipinski definition) is 3. The molecular formula is C11H16ClN3OS. The van der Waals surface area contributed by atoms with Gasteiger partial charge in [-0.2, -0.15) is 0 Å². The van der Waals surface area contributed by atoms with Gasteiger partial charge in [0, 0.05) is 11.3 Å². The zero-order valence-corrected chi connectivity index (χ0v) is 11.2. The van der Waals surface area contributed by atoms with Gasteiger partial charge in [0.25, 0.3) is 0 Å². The molecule has 1 aromatic rings. The molecule has 0 amide bonds. The molecule has 0 heterocycles. The van der Waals surface area contributed by atoms with Crippen molar-refractivity contribution >= 4 is 39.5 Å². The fourth-order valence-corrected chi connectivity index (χ4v) is 2.47. The van der Waals surface area contributed by atoms with Crippen LogP contribution in [0.15, 0.2) is 18.2 Å². The lowest BCUT2D eigenvalue weighted by atomic mass is 10.2. The molecule has 0 radical (unpaired) electrons. The van der Waals surface area contributed by atoms with E-state index in [1.54, 1.807) is 18.2 Å². The van der Waals surface area contributed by atoms with Crippen molar-refractivity contribution in [1.82, 2.24) is 0 Å². The molecule has 0 bridgehead atoms. The third-order valence-electron chi connectivity index (χ3n) is 2.20. The van der Waals surface area contributed by atoms with Crippen LogP contribution in [-0.4, -0.2) is 15.5 Å². The van der Waals surface area contributed by atoms with Gasteiger partial charge in [-0.3, -0.25) is 5.41 Å². The summed E-state index contributed by atoms with van der Waals surface area (Å²) < 4.78 is 14.5. The standard InChI is InChI=1S/C11H16ClN3OS/c1-2-3-6-17(16)15-8-4-5-10(13)9(7-8)11(12)14/h4-5,7,14-15H,2-3,6,13H2,1H3. The van der Waals surface area contributed by atoms with Gasteiger partial charge in [-0.25, -0.2) is 4.72 Å². The molecule has 0 aliphatic heterocycles. The Morgan fingerprint density at radius 3 is 2.88 bits per heavy atom. The Morgan fingerprint density at radius 1 is 1.59 bits per heavy atom. The number of unbranched alkanes of at least 4 members (excludes halogenated alkanes) is 1. The van der Waals surface area contributed by atoms with Crippen LogP contribution in [0.3, 0.4) is 0 Å². The summed E-state index contributed by atoms with van der Waals surface area (Å²) in [5, 5.41) is 7.23. The summed E-state index contributed by atoms with van der Waals surface area (Å²) in [5.41, 5.74) is 7.22. The first-order chi connectivity index (χ1) is 8.04. The number of benzene rings is 1.